The number of halogens is 1. The quantitative estimate of drug-likeness (QED) is 0.832. The van der Waals surface area contributed by atoms with Crippen molar-refractivity contribution in [1.82, 2.24) is 10.6 Å². The van der Waals surface area contributed by atoms with Gasteiger partial charge in [0.2, 0.25) is 0 Å². The lowest BCUT2D eigenvalue weighted by atomic mass is 10.2. The number of rotatable bonds is 6. The zero-order valence-electron chi connectivity index (χ0n) is 10.8. The predicted octanol–water partition coefficient (Wildman–Crippen LogP) is 2.58. The van der Waals surface area contributed by atoms with Gasteiger partial charge in [0, 0.05) is 19.1 Å². The molecule has 18 heavy (non-hydrogen) atoms. The van der Waals surface area contributed by atoms with Crippen LogP contribution in [0.5, 0.6) is 5.75 Å². The van der Waals surface area contributed by atoms with Gasteiger partial charge in [0.15, 0.2) is 0 Å². The van der Waals surface area contributed by atoms with Crippen molar-refractivity contribution in [3.05, 3.63) is 28.8 Å². The molecule has 1 heterocycles. The molecule has 3 nitrogen and oxygen atoms in total. The summed E-state index contributed by atoms with van der Waals surface area (Å²) in [5.74, 6) is 0.764. The summed E-state index contributed by atoms with van der Waals surface area (Å²) in [5, 5.41) is 7.62. The van der Waals surface area contributed by atoms with Gasteiger partial charge in [-0.1, -0.05) is 17.7 Å². The number of nitrogens with one attached hydrogen (secondary N) is 2. The Morgan fingerprint density at radius 1 is 1.50 bits per heavy atom. The van der Waals surface area contributed by atoms with Crippen LogP contribution in [0.3, 0.4) is 0 Å². The van der Waals surface area contributed by atoms with Crippen molar-refractivity contribution in [2.24, 2.45) is 0 Å². The van der Waals surface area contributed by atoms with Crippen LogP contribution >= 0.6 is 11.6 Å². The lowest BCUT2D eigenvalue weighted by Crippen LogP contribution is -2.33. The topological polar surface area (TPSA) is 33.3 Å². The lowest BCUT2D eigenvalue weighted by Gasteiger charge is -2.12. The number of ether oxygens (including phenoxy) is 1. The Hall–Kier alpha value is -0.770. The van der Waals surface area contributed by atoms with Gasteiger partial charge >= 0.3 is 0 Å². The summed E-state index contributed by atoms with van der Waals surface area (Å²) < 4.78 is 5.42. The van der Waals surface area contributed by atoms with Gasteiger partial charge in [-0.15, -0.1) is 0 Å². The van der Waals surface area contributed by atoms with Crippen molar-refractivity contribution in [2.45, 2.75) is 32.4 Å². The zero-order chi connectivity index (χ0) is 12.8. The molecule has 0 spiro atoms. The predicted molar refractivity (Wildman–Crippen MR) is 75.4 cm³/mol. The fourth-order valence-corrected chi connectivity index (χ4v) is 2.51. The van der Waals surface area contributed by atoms with Crippen molar-refractivity contribution >= 4 is 11.6 Å². The van der Waals surface area contributed by atoms with Crippen LogP contribution in [-0.4, -0.2) is 25.7 Å². The summed E-state index contributed by atoms with van der Waals surface area (Å²) in [6, 6.07) is 6.60. The molecule has 1 saturated heterocycles. The average Bonchev–Trinajstić information content (AvgIpc) is 2.86. The van der Waals surface area contributed by atoms with Gasteiger partial charge in [0.05, 0.1) is 11.6 Å². The Morgan fingerprint density at radius 3 is 3.06 bits per heavy atom. The Kier molecular flexibility index (Phi) is 5.29. The van der Waals surface area contributed by atoms with Crippen LogP contribution in [0.4, 0.5) is 0 Å². The molecule has 0 amide bonds. The van der Waals surface area contributed by atoms with E-state index in [4.69, 9.17) is 16.3 Å². The smallest absolute Gasteiger partial charge is 0.137 e. The fraction of sp³-hybridized carbons (Fsp3) is 0.571. The summed E-state index contributed by atoms with van der Waals surface area (Å²) in [7, 11) is 0. The van der Waals surface area contributed by atoms with Crippen LogP contribution in [0.15, 0.2) is 18.2 Å². The second-order valence-corrected chi connectivity index (χ2v) is 5.03. The second kappa shape index (κ2) is 6.98. The van der Waals surface area contributed by atoms with Gasteiger partial charge < -0.3 is 15.4 Å². The fourth-order valence-electron chi connectivity index (χ4n) is 2.25. The highest BCUT2D eigenvalue weighted by Crippen LogP contribution is 2.25. The highest BCUT2D eigenvalue weighted by molar-refractivity contribution is 6.32. The van der Waals surface area contributed by atoms with E-state index >= 15 is 0 Å². The van der Waals surface area contributed by atoms with Gasteiger partial charge in [-0.3, -0.25) is 0 Å². The summed E-state index contributed by atoms with van der Waals surface area (Å²) in [6.45, 7) is 5.63. The minimum atomic E-state index is 0.628. The molecule has 1 fully saturated rings. The first-order chi connectivity index (χ1) is 8.79. The molecule has 4 heteroatoms. The van der Waals surface area contributed by atoms with Crippen molar-refractivity contribution < 1.29 is 4.74 Å². The van der Waals surface area contributed by atoms with E-state index in [0.29, 0.717) is 17.7 Å². The normalized spacial score (nSPS) is 19.1. The summed E-state index contributed by atoms with van der Waals surface area (Å²) in [5.41, 5.74) is 1.20. The molecule has 100 valence electrons. The molecule has 2 rings (SSSR count). The molecular formula is C14H21ClN2O. The third-order valence-electron chi connectivity index (χ3n) is 3.18. The molecule has 1 aliphatic heterocycles. The van der Waals surface area contributed by atoms with Crippen LogP contribution in [0.1, 0.15) is 25.3 Å². The van der Waals surface area contributed by atoms with E-state index in [1.165, 1.54) is 18.4 Å². The first-order valence-electron chi connectivity index (χ1n) is 6.65. The molecule has 1 unspecified atom stereocenters. The maximum Gasteiger partial charge on any atom is 0.137 e. The third-order valence-corrected chi connectivity index (χ3v) is 3.47. The summed E-state index contributed by atoms with van der Waals surface area (Å²) in [4.78, 5) is 0. The van der Waals surface area contributed by atoms with E-state index < -0.39 is 0 Å². The van der Waals surface area contributed by atoms with Gasteiger partial charge in [-0.05, 0) is 44.0 Å². The first-order valence-corrected chi connectivity index (χ1v) is 7.02. The maximum absolute atomic E-state index is 6.15. The van der Waals surface area contributed by atoms with Crippen LogP contribution in [-0.2, 0) is 6.54 Å². The van der Waals surface area contributed by atoms with E-state index in [9.17, 15) is 0 Å². The van der Waals surface area contributed by atoms with Crippen molar-refractivity contribution in [3.63, 3.8) is 0 Å². The molecule has 1 aliphatic rings. The van der Waals surface area contributed by atoms with Crippen molar-refractivity contribution in [3.8, 4) is 5.75 Å². The summed E-state index contributed by atoms with van der Waals surface area (Å²) >= 11 is 6.15. The molecule has 1 aromatic rings. The second-order valence-electron chi connectivity index (χ2n) is 4.62. The van der Waals surface area contributed by atoms with E-state index in [-0.39, 0.29) is 0 Å². The SMILES string of the molecule is CCOc1ccc(CNCC2CCCN2)cc1Cl. The van der Waals surface area contributed by atoms with Crippen LogP contribution < -0.4 is 15.4 Å². The Balaban J connectivity index is 1.80. The number of hydrogen-bond donors (Lipinski definition) is 2. The lowest BCUT2D eigenvalue weighted by molar-refractivity contribution is 0.340. The van der Waals surface area contributed by atoms with Gasteiger partial charge in [0.25, 0.3) is 0 Å². The average molecular weight is 269 g/mol. The Morgan fingerprint density at radius 2 is 2.39 bits per heavy atom. The molecule has 0 saturated carbocycles. The molecule has 0 radical (unpaired) electrons. The van der Waals surface area contributed by atoms with Crippen molar-refractivity contribution in [1.29, 1.82) is 0 Å². The van der Waals surface area contributed by atoms with Crippen LogP contribution in [0.2, 0.25) is 5.02 Å². The third kappa shape index (κ3) is 3.87. The molecule has 0 bridgehead atoms. The van der Waals surface area contributed by atoms with Gasteiger partial charge in [0.1, 0.15) is 5.75 Å². The highest BCUT2D eigenvalue weighted by atomic mass is 35.5. The largest absolute Gasteiger partial charge is 0.492 e. The molecule has 0 aromatic heterocycles. The van der Waals surface area contributed by atoms with E-state index in [1.807, 2.05) is 19.1 Å². The minimum absolute atomic E-state index is 0.628. The standard InChI is InChI=1S/C14H21ClN2O/c1-2-18-14-6-5-11(8-13(14)15)9-16-10-12-4-3-7-17-12/h5-6,8,12,16-17H,2-4,7,9-10H2,1H3. The minimum Gasteiger partial charge on any atom is -0.492 e. The van der Waals surface area contributed by atoms with Crippen molar-refractivity contribution in [2.75, 3.05) is 19.7 Å². The number of benzene rings is 1. The highest BCUT2D eigenvalue weighted by Gasteiger charge is 2.12. The summed E-state index contributed by atoms with van der Waals surface area (Å²) in [6.07, 6.45) is 2.57. The Labute approximate surface area is 114 Å². The Bertz CT molecular complexity index is 378. The van der Waals surface area contributed by atoms with Crippen LogP contribution in [0.25, 0.3) is 0 Å². The molecule has 1 atom stereocenters. The van der Waals surface area contributed by atoms with E-state index in [2.05, 4.69) is 16.7 Å². The molecule has 1 aromatic carbocycles. The maximum atomic E-state index is 6.15. The zero-order valence-corrected chi connectivity index (χ0v) is 11.6. The number of hydrogen-bond acceptors (Lipinski definition) is 3. The van der Waals surface area contributed by atoms with E-state index in [1.54, 1.807) is 0 Å². The molecular weight excluding hydrogens is 248 g/mol. The molecule has 2 N–H and O–H groups in total. The van der Waals surface area contributed by atoms with Gasteiger partial charge in [-0.25, -0.2) is 0 Å². The first kappa shape index (κ1) is 13.7. The van der Waals surface area contributed by atoms with Gasteiger partial charge in [-0.2, -0.15) is 0 Å². The molecule has 0 aliphatic carbocycles. The van der Waals surface area contributed by atoms with E-state index in [0.717, 1.165) is 25.4 Å². The van der Waals surface area contributed by atoms with Crippen LogP contribution in [0, 0.1) is 0 Å². The monoisotopic (exact) mass is 268 g/mol.